The Morgan fingerprint density at radius 1 is 1.21 bits per heavy atom. The molecule has 0 unspecified atom stereocenters. The Bertz CT molecular complexity index is 762. The highest BCUT2D eigenvalue weighted by Crippen LogP contribution is 2.28. The second-order valence-corrected chi connectivity index (χ2v) is 5.09. The first-order chi connectivity index (χ1) is 8.93. The van der Waals surface area contributed by atoms with Crippen molar-refractivity contribution in [1.82, 2.24) is 4.98 Å². The molecule has 1 aromatic carbocycles. The summed E-state index contributed by atoms with van der Waals surface area (Å²) in [6, 6.07) is 5.26. The number of H-pyrrole nitrogens is 1. The van der Waals surface area contributed by atoms with Crippen LogP contribution in [0.1, 0.15) is 11.3 Å². The summed E-state index contributed by atoms with van der Waals surface area (Å²) in [5.41, 5.74) is -0.0726. The van der Waals surface area contributed by atoms with Gasteiger partial charge in [0.1, 0.15) is 23.3 Å². The van der Waals surface area contributed by atoms with Gasteiger partial charge in [-0.1, -0.05) is 0 Å². The maximum Gasteiger partial charge on any atom is 0.266 e. The van der Waals surface area contributed by atoms with E-state index in [0.29, 0.717) is 5.69 Å². The first-order valence-corrected chi connectivity index (χ1v) is 6.31. The van der Waals surface area contributed by atoms with E-state index >= 15 is 0 Å². The van der Waals surface area contributed by atoms with Crippen LogP contribution in [0.25, 0.3) is 11.1 Å². The zero-order valence-corrected chi connectivity index (χ0v) is 11.9. The number of hydrogen-bond acceptors (Lipinski definition) is 2. The monoisotopic (exact) mass is 372 g/mol. The summed E-state index contributed by atoms with van der Waals surface area (Å²) in [6.45, 7) is 1.62. The van der Waals surface area contributed by atoms with Gasteiger partial charge in [-0.25, -0.2) is 8.78 Å². The minimum atomic E-state index is -0.806. The van der Waals surface area contributed by atoms with Crippen LogP contribution in [0.3, 0.4) is 0 Å². The number of aromatic nitrogens is 1. The van der Waals surface area contributed by atoms with Gasteiger partial charge >= 0.3 is 0 Å². The molecule has 3 nitrogen and oxygen atoms in total. The van der Waals surface area contributed by atoms with Gasteiger partial charge in [0.15, 0.2) is 0 Å². The molecular weight excluding hydrogens is 365 g/mol. The molecule has 1 aromatic heterocycles. The van der Waals surface area contributed by atoms with E-state index in [4.69, 9.17) is 5.26 Å². The lowest BCUT2D eigenvalue weighted by molar-refractivity contribution is 0.580. The number of pyridine rings is 1. The van der Waals surface area contributed by atoms with Crippen LogP contribution in [-0.2, 0) is 0 Å². The minimum Gasteiger partial charge on any atom is -0.325 e. The Hall–Kier alpha value is -1.75. The van der Waals surface area contributed by atoms with E-state index in [1.165, 1.54) is 12.1 Å². The summed E-state index contributed by atoms with van der Waals surface area (Å²) < 4.78 is 27.3. The van der Waals surface area contributed by atoms with Crippen LogP contribution in [0.4, 0.5) is 8.78 Å². The van der Waals surface area contributed by atoms with Gasteiger partial charge in [0, 0.05) is 26.5 Å². The molecule has 0 saturated carbocycles. The molecule has 2 aromatic rings. The third-order valence-corrected chi connectivity index (χ3v) is 3.41. The summed E-state index contributed by atoms with van der Waals surface area (Å²) in [5.74, 6) is -1.48. The average Bonchev–Trinajstić information content (AvgIpc) is 2.33. The van der Waals surface area contributed by atoms with Crippen LogP contribution in [-0.4, -0.2) is 4.98 Å². The van der Waals surface area contributed by atoms with Crippen molar-refractivity contribution in [1.29, 1.82) is 5.26 Å². The second-order valence-electron chi connectivity index (χ2n) is 3.93. The lowest BCUT2D eigenvalue weighted by Gasteiger charge is -2.08. The van der Waals surface area contributed by atoms with E-state index < -0.39 is 17.2 Å². The van der Waals surface area contributed by atoms with Crippen molar-refractivity contribution in [2.24, 2.45) is 0 Å². The van der Waals surface area contributed by atoms with Gasteiger partial charge in [0.2, 0.25) is 0 Å². The van der Waals surface area contributed by atoms with Gasteiger partial charge < -0.3 is 4.98 Å². The molecule has 96 valence electrons. The van der Waals surface area contributed by atoms with E-state index in [1.54, 1.807) is 35.6 Å². The van der Waals surface area contributed by atoms with Crippen molar-refractivity contribution in [3.63, 3.8) is 0 Å². The van der Waals surface area contributed by atoms with Crippen LogP contribution >= 0.6 is 22.6 Å². The van der Waals surface area contributed by atoms with E-state index in [9.17, 15) is 13.6 Å². The Labute approximate surface area is 121 Å². The SMILES string of the molecule is Cc1cc(-c2cc(I)c(F)cc2F)c(C#N)c(=O)[nH]1. The molecule has 1 heterocycles. The molecule has 0 amide bonds. The van der Waals surface area contributed by atoms with Crippen molar-refractivity contribution in [2.75, 3.05) is 0 Å². The van der Waals surface area contributed by atoms with Crippen molar-refractivity contribution < 1.29 is 8.78 Å². The van der Waals surface area contributed by atoms with Crippen molar-refractivity contribution in [2.45, 2.75) is 6.92 Å². The highest BCUT2D eigenvalue weighted by atomic mass is 127. The summed E-state index contributed by atoms with van der Waals surface area (Å²) in [5, 5.41) is 9.00. The molecule has 0 saturated heterocycles. The standard InChI is InChI=1S/C13H7F2IN2O/c1-6-2-7(9(5-17)13(19)18-6)8-3-12(16)11(15)4-10(8)14/h2-4H,1H3,(H,18,19). The number of halogens is 3. The molecule has 19 heavy (non-hydrogen) atoms. The number of hydrogen-bond donors (Lipinski definition) is 1. The van der Waals surface area contributed by atoms with Gasteiger partial charge in [-0.05, 0) is 41.6 Å². The Kier molecular flexibility index (Phi) is 3.66. The molecule has 0 aliphatic heterocycles. The summed E-state index contributed by atoms with van der Waals surface area (Å²) in [7, 11) is 0. The van der Waals surface area contributed by atoms with E-state index in [1.807, 2.05) is 0 Å². The summed E-state index contributed by atoms with van der Waals surface area (Å²) in [4.78, 5) is 14.1. The fraction of sp³-hybridized carbons (Fsp3) is 0.0769. The zero-order valence-electron chi connectivity index (χ0n) is 9.72. The predicted octanol–water partition coefficient (Wildman–Crippen LogP) is 3.10. The topological polar surface area (TPSA) is 56.6 Å². The van der Waals surface area contributed by atoms with Crippen LogP contribution in [0.2, 0.25) is 0 Å². The third-order valence-electron chi connectivity index (χ3n) is 2.58. The first kappa shape index (κ1) is 13.7. The predicted molar refractivity (Wildman–Crippen MR) is 74.6 cm³/mol. The molecule has 1 N–H and O–H groups in total. The number of rotatable bonds is 1. The fourth-order valence-electron chi connectivity index (χ4n) is 1.74. The minimum absolute atomic E-state index is 0.0385. The molecule has 0 bridgehead atoms. The molecule has 6 heteroatoms. The Morgan fingerprint density at radius 2 is 1.89 bits per heavy atom. The molecule has 0 aliphatic rings. The van der Waals surface area contributed by atoms with Crippen molar-refractivity contribution >= 4 is 22.6 Å². The van der Waals surface area contributed by atoms with E-state index in [2.05, 4.69) is 4.98 Å². The maximum atomic E-state index is 13.8. The van der Waals surface area contributed by atoms with Gasteiger partial charge in [-0.2, -0.15) is 5.26 Å². The zero-order chi connectivity index (χ0) is 14.2. The molecule has 0 fully saturated rings. The normalized spacial score (nSPS) is 10.3. The first-order valence-electron chi connectivity index (χ1n) is 5.23. The number of nitriles is 1. The Balaban J connectivity index is 2.83. The second kappa shape index (κ2) is 5.09. The highest BCUT2D eigenvalue weighted by molar-refractivity contribution is 14.1. The third kappa shape index (κ3) is 2.51. The van der Waals surface area contributed by atoms with Gasteiger partial charge in [-0.15, -0.1) is 0 Å². The lowest BCUT2D eigenvalue weighted by atomic mass is 10.0. The largest absolute Gasteiger partial charge is 0.325 e. The molecule has 0 spiro atoms. The Morgan fingerprint density at radius 3 is 2.53 bits per heavy atom. The quantitative estimate of drug-likeness (QED) is 0.618. The number of nitrogens with one attached hydrogen (secondary N) is 1. The van der Waals surface area contributed by atoms with Crippen molar-refractivity contribution in [3.8, 4) is 17.2 Å². The smallest absolute Gasteiger partial charge is 0.266 e. The molecule has 0 aliphatic carbocycles. The van der Waals surface area contributed by atoms with E-state index in [-0.39, 0.29) is 20.3 Å². The van der Waals surface area contributed by atoms with Gasteiger partial charge in [0.25, 0.3) is 5.56 Å². The summed E-state index contributed by atoms with van der Waals surface area (Å²) in [6.07, 6.45) is 0. The number of benzene rings is 1. The molecule has 0 radical (unpaired) electrons. The molecule has 0 atom stereocenters. The number of aromatic amines is 1. The van der Waals surface area contributed by atoms with E-state index in [0.717, 1.165) is 6.07 Å². The van der Waals surface area contributed by atoms with Crippen LogP contribution in [0.15, 0.2) is 23.0 Å². The van der Waals surface area contributed by atoms with Crippen molar-refractivity contribution in [3.05, 3.63) is 55.0 Å². The molecular formula is C13H7F2IN2O. The number of aryl methyl sites for hydroxylation is 1. The van der Waals surface area contributed by atoms with Crippen LogP contribution < -0.4 is 5.56 Å². The van der Waals surface area contributed by atoms with Gasteiger partial charge in [-0.3, -0.25) is 4.79 Å². The van der Waals surface area contributed by atoms with Gasteiger partial charge in [0.05, 0.1) is 0 Å². The molecule has 2 rings (SSSR count). The maximum absolute atomic E-state index is 13.8. The highest BCUT2D eigenvalue weighted by Gasteiger charge is 2.16. The lowest BCUT2D eigenvalue weighted by Crippen LogP contribution is -2.13. The van der Waals surface area contributed by atoms with Crippen LogP contribution in [0, 0.1) is 33.5 Å². The summed E-state index contributed by atoms with van der Waals surface area (Å²) >= 11 is 1.72. The average molecular weight is 372 g/mol. The fourth-order valence-corrected chi connectivity index (χ4v) is 2.21. The van der Waals surface area contributed by atoms with Crippen LogP contribution in [0.5, 0.6) is 0 Å². The number of nitrogens with zero attached hydrogens (tertiary/aromatic N) is 1.